The lowest BCUT2D eigenvalue weighted by molar-refractivity contribution is 0.419. The number of hydrogen-bond donors (Lipinski definition) is 1. The minimum absolute atomic E-state index is 0.608. The summed E-state index contributed by atoms with van der Waals surface area (Å²) in [5, 5.41) is 18.8. The van der Waals surface area contributed by atoms with Gasteiger partial charge in [-0.2, -0.15) is 10.5 Å². The molecule has 4 heteroatoms. The van der Waals surface area contributed by atoms with E-state index >= 15 is 0 Å². The van der Waals surface area contributed by atoms with Gasteiger partial charge in [-0.15, -0.1) is 0 Å². The molecule has 74 valence electrons. The Morgan fingerprint density at radius 3 is 1.85 bits per heavy atom. The van der Waals surface area contributed by atoms with Gasteiger partial charge < -0.3 is 10.2 Å². The van der Waals surface area contributed by atoms with Crippen molar-refractivity contribution in [3.63, 3.8) is 0 Å². The summed E-state index contributed by atoms with van der Waals surface area (Å²) in [5.74, 6) is 0. The van der Waals surface area contributed by atoms with E-state index in [-0.39, 0.29) is 0 Å². The average molecular weight is 182 g/mol. The first-order chi connectivity index (χ1) is 6.18. The summed E-state index contributed by atoms with van der Waals surface area (Å²) in [6.07, 6.45) is 1.24. The molecule has 0 aromatic carbocycles. The smallest absolute Gasteiger partial charge is 0.0635 e. The Hall–Kier alpha value is -1.10. The summed E-state index contributed by atoms with van der Waals surface area (Å²) in [6, 6.07) is 4.06. The normalized spacial score (nSPS) is 8.15. The second-order valence-electron chi connectivity index (χ2n) is 2.72. The van der Waals surface area contributed by atoms with Gasteiger partial charge >= 0.3 is 0 Å². The average Bonchev–Trinajstić information content (AvgIpc) is 2.12. The highest BCUT2D eigenvalue weighted by atomic mass is 15.0. The van der Waals surface area contributed by atoms with E-state index in [0.29, 0.717) is 12.8 Å². The predicted molar refractivity (Wildman–Crippen MR) is 52.9 cm³/mol. The Bertz CT molecular complexity index is 163. The lowest BCUT2D eigenvalue weighted by atomic mass is 10.4. The van der Waals surface area contributed by atoms with Crippen molar-refractivity contribution in [3.8, 4) is 12.1 Å². The Labute approximate surface area is 80.8 Å². The molecular formula is C9H18N4. The molecule has 0 saturated carbocycles. The van der Waals surface area contributed by atoms with Crippen molar-refractivity contribution in [1.29, 1.82) is 10.5 Å². The van der Waals surface area contributed by atoms with E-state index in [4.69, 9.17) is 10.5 Å². The Morgan fingerprint density at radius 1 is 1.15 bits per heavy atom. The minimum Gasteiger partial charge on any atom is -0.319 e. The summed E-state index contributed by atoms with van der Waals surface area (Å²) in [4.78, 5) is 1.99. The maximum atomic E-state index is 8.04. The molecule has 13 heavy (non-hydrogen) atoms. The third-order valence-corrected chi connectivity index (χ3v) is 1.16. The second-order valence-corrected chi connectivity index (χ2v) is 2.72. The van der Waals surface area contributed by atoms with E-state index in [9.17, 15) is 0 Å². The SMILES string of the molecule is CN(C)CCC#N.CNCCC#N. The predicted octanol–water partition coefficient (Wildman–Crippen LogP) is 0.581. The van der Waals surface area contributed by atoms with Crippen molar-refractivity contribution in [3.05, 3.63) is 0 Å². The van der Waals surface area contributed by atoms with Gasteiger partial charge in [-0.05, 0) is 21.1 Å². The van der Waals surface area contributed by atoms with Crippen LogP contribution >= 0.6 is 0 Å². The van der Waals surface area contributed by atoms with Gasteiger partial charge in [0.15, 0.2) is 0 Å². The molecular weight excluding hydrogens is 164 g/mol. The molecule has 0 aliphatic rings. The van der Waals surface area contributed by atoms with Crippen LogP contribution in [0.2, 0.25) is 0 Å². The molecule has 0 fully saturated rings. The number of nitrogens with one attached hydrogen (secondary N) is 1. The van der Waals surface area contributed by atoms with Crippen molar-refractivity contribution >= 4 is 0 Å². The highest BCUT2D eigenvalue weighted by molar-refractivity contribution is 4.69. The molecule has 0 atom stereocenters. The number of nitriles is 2. The molecule has 0 aliphatic carbocycles. The largest absolute Gasteiger partial charge is 0.319 e. The maximum Gasteiger partial charge on any atom is 0.0635 e. The molecule has 0 saturated heterocycles. The van der Waals surface area contributed by atoms with Crippen LogP contribution in [-0.4, -0.2) is 39.1 Å². The molecule has 0 aromatic rings. The zero-order chi connectivity index (χ0) is 10.5. The molecule has 0 amide bonds. The Morgan fingerprint density at radius 2 is 1.69 bits per heavy atom. The second kappa shape index (κ2) is 13.5. The zero-order valence-corrected chi connectivity index (χ0v) is 8.67. The van der Waals surface area contributed by atoms with Crippen LogP contribution in [0.3, 0.4) is 0 Å². The first-order valence-corrected chi connectivity index (χ1v) is 4.22. The summed E-state index contributed by atoms with van der Waals surface area (Å²) in [6.45, 7) is 1.67. The molecule has 0 aliphatic heterocycles. The van der Waals surface area contributed by atoms with E-state index in [1.807, 2.05) is 32.1 Å². The van der Waals surface area contributed by atoms with Gasteiger partial charge in [-0.3, -0.25) is 0 Å². The van der Waals surface area contributed by atoms with Crippen LogP contribution in [0.25, 0.3) is 0 Å². The standard InChI is InChI=1S/C5H10N2.C4H8N2/c1-7(2)5-3-4-6;1-6-4-2-3-5/h3,5H2,1-2H3;6H,2,4H2,1H3. The van der Waals surface area contributed by atoms with E-state index in [2.05, 4.69) is 11.4 Å². The molecule has 0 radical (unpaired) electrons. The molecule has 0 rings (SSSR count). The monoisotopic (exact) mass is 182 g/mol. The van der Waals surface area contributed by atoms with Crippen molar-refractivity contribution < 1.29 is 0 Å². The van der Waals surface area contributed by atoms with E-state index < -0.39 is 0 Å². The fraction of sp³-hybridized carbons (Fsp3) is 0.778. The van der Waals surface area contributed by atoms with Crippen LogP contribution in [0, 0.1) is 22.7 Å². The topological polar surface area (TPSA) is 62.9 Å². The van der Waals surface area contributed by atoms with Gasteiger partial charge in [0.2, 0.25) is 0 Å². The highest BCUT2D eigenvalue weighted by Gasteiger charge is 1.83. The Kier molecular flexibility index (Phi) is 15.0. The lowest BCUT2D eigenvalue weighted by Gasteiger charge is -2.02. The van der Waals surface area contributed by atoms with Crippen molar-refractivity contribution in [1.82, 2.24) is 10.2 Å². The van der Waals surface area contributed by atoms with E-state index in [1.54, 1.807) is 0 Å². The van der Waals surface area contributed by atoms with Gasteiger partial charge in [0.05, 0.1) is 12.1 Å². The van der Waals surface area contributed by atoms with Gasteiger partial charge in [0, 0.05) is 25.9 Å². The number of rotatable bonds is 4. The number of nitrogens with zero attached hydrogens (tertiary/aromatic N) is 3. The molecule has 0 heterocycles. The van der Waals surface area contributed by atoms with Crippen LogP contribution in [0.1, 0.15) is 12.8 Å². The molecule has 0 unspecified atom stereocenters. The lowest BCUT2D eigenvalue weighted by Crippen LogP contribution is -2.11. The van der Waals surface area contributed by atoms with Gasteiger partial charge in [-0.1, -0.05) is 0 Å². The summed E-state index contributed by atoms with van der Waals surface area (Å²) in [5.41, 5.74) is 0. The van der Waals surface area contributed by atoms with E-state index in [0.717, 1.165) is 13.1 Å². The number of hydrogen-bond acceptors (Lipinski definition) is 4. The van der Waals surface area contributed by atoms with Crippen molar-refractivity contribution in [2.45, 2.75) is 12.8 Å². The first kappa shape index (κ1) is 14.4. The molecule has 1 N–H and O–H groups in total. The summed E-state index contributed by atoms with van der Waals surface area (Å²) < 4.78 is 0. The first-order valence-electron chi connectivity index (χ1n) is 4.22. The third-order valence-electron chi connectivity index (χ3n) is 1.16. The van der Waals surface area contributed by atoms with Gasteiger partial charge in [0.1, 0.15) is 0 Å². The minimum atomic E-state index is 0.608. The van der Waals surface area contributed by atoms with Crippen LogP contribution in [0.15, 0.2) is 0 Å². The fourth-order valence-electron chi connectivity index (χ4n) is 0.455. The van der Waals surface area contributed by atoms with Gasteiger partial charge in [0.25, 0.3) is 0 Å². The Balaban J connectivity index is 0. The summed E-state index contributed by atoms with van der Waals surface area (Å²) >= 11 is 0. The fourth-order valence-corrected chi connectivity index (χ4v) is 0.455. The van der Waals surface area contributed by atoms with Crippen LogP contribution < -0.4 is 5.32 Å². The van der Waals surface area contributed by atoms with Crippen LogP contribution in [0.5, 0.6) is 0 Å². The summed E-state index contributed by atoms with van der Waals surface area (Å²) in [7, 11) is 5.74. The van der Waals surface area contributed by atoms with Crippen molar-refractivity contribution in [2.24, 2.45) is 0 Å². The van der Waals surface area contributed by atoms with Crippen LogP contribution in [-0.2, 0) is 0 Å². The molecule has 0 bridgehead atoms. The van der Waals surface area contributed by atoms with E-state index in [1.165, 1.54) is 0 Å². The highest BCUT2D eigenvalue weighted by Crippen LogP contribution is 1.76. The van der Waals surface area contributed by atoms with Crippen LogP contribution in [0.4, 0.5) is 0 Å². The molecule has 0 aromatic heterocycles. The van der Waals surface area contributed by atoms with Crippen molar-refractivity contribution in [2.75, 3.05) is 34.2 Å². The zero-order valence-electron chi connectivity index (χ0n) is 8.67. The van der Waals surface area contributed by atoms with Gasteiger partial charge in [-0.25, -0.2) is 0 Å². The quantitative estimate of drug-likeness (QED) is 0.646. The third kappa shape index (κ3) is 24.8. The molecule has 0 spiro atoms. The molecule has 4 nitrogen and oxygen atoms in total. The maximum absolute atomic E-state index is 8.04.